The minimum atomic E-state index is -0.214. The maximum absolute atomic E-state index is 12.8. The van der Waals surface area contributed by atoms with Gasteiger partial charge in [0.15, 0.2) is 0 Å². The second-order valence-electron chi connectivity index (χ2n) is 5.16. The number of hydrogen-bond donors (Lipinski definition) is 0. The maximum Gasteiger partial charge on any atom is 0.268 e. The van der Waals surface area contributed by atoms with Gasteiger partial charge in [-0.2, -0.15) is 0 Å². The van der Waals surface area contributed by atoms with Gasteiger partial charge in [-0.15, -0.1) is 23.1 Å². The summed E-state index contributed by atoms with van der Waals surface area (Å²) in [7, 11) is 1.61. The van der Waals surface area contributed by atoms with Crippen LogP contribution in [0.1, 0.15) is 17.4 Å². The molecule has 124 valence electrons. The van der Waals surface area contributed by atoms with E-state index in [1.54, 1.807) is 7.11 Å². The number of benzene rings is 1. The summed E-state index contributed by atoms with van der Waals surface area (Å²) in [5.74, 6) is 1.08. The number of carbonyl (C=O) groups is 2. The zero-order chi connectivity index (χ0) is 17.1. The molecule has 3 rings (SSSR count). The molecular weight excluding hydrogens is 342 g/mol. The molecule has 2 aromatic rings. The molecule has 1 aromatic heterocycles. The van der Waals surface area contributed by atoms with Crippen molar-refractivity contribution < 1.29 is 14.3 Å². The summed E-state index contributed by atoms with van der Waals surface area (Å²) in [4.78, 5) is 28.3. The topological polar surface area (TPSA) is 46.6 Å². The summed E-state index contributed by atoms with van der Waals surface area (Å²) in [6.45, 7) is 2.25. The molecule has 1 aliphatic heterocycles. The van der Waals surface area contributed by atoms with Crippen LogP contribution < -0.4 is 4.74 Å². The number of thioether (sulfide) groups is 1. The zero-order valence-corrected chi connectivity index (χ0v) is 15.1. The van der Waals surface area contributed by atoms with Gasteiger partial charge in [0.2, 0.25) is 0 Å². The fourth-order valence-corrected chi connectivity index (χ4v) is 4.22. The highest BCUT2D eigenvalue weighted by Gasteiger charge is 2.39. The van der Waals surface area contributed by atoms with E-state index in [0.717, 1.165) is 21.9 Å². The molecule has 1 aromatic carbocycles. The van der Waals surface area contributed by atoms with Crippen LogP contribution in [0, 0.1) is 0 Å². The number of ether oxygens (including phenoxy) is 1. The van der Waals surface area contributed by atoms with E-state index >= 15 is 0 Å². The number of hydrogen-bond acceptors (Lipinski definition) is 5. The van der Waals surface area contributed by atoms with E-state index in [9.17, 15) is 9.59 Å². The Morgan fingerprint density at radius 2 is 1.88 bits per heavy atom. The number of nitrogens with zero attached hydrogens (tertiary/aromatic N) is 1. The summed E-state index contributed by atoms with van der Waals surface area (Å²) >= 11 is 2.91. The molecule has 0 spiro atoms. The molecule has 1 aliphatic rings. The van der Waals surface area contributed by atoms with Crippen molar-refractivity contribution >= 4 is 40.5 Å². The average molecular weight is 359 g/mol. The van der Waals surface area contributed by atoms with Crippen LogP contribution in [-0.2, 0) is 16.1 Å². The Morgan fingerprint density at radius 3 is 2.46 bits per heavy atom. The predicted molar refractivity (Wildman–Crippen MR) is 97.9 cm³/mol. The Labute approximate surface area is 149 Å². The molecule has 24 heavy (non-hydrogen) atoms. The molecule has 0 saturated carbocycles. The van der Waals surface area contributed by atoms with Crippen molar-refractivity contribution in [1.29, 1.82) is 0 Å². The van der Waals surface area contributed by atoms with Gasteiger partial charge in [-0.3, -0.25) is 14.5 Å². The summed E-state index contributed by atoms with van der Waals surface area (Å²) in [5, 5.41) is 1.92. The molecule has 2 amide bonds. The van der Waals surface area contributed by atoms with Crippen LogP contribution in [0.3, 0.4) is 0 Å². The van der Waals surface area contributed by atoms with E-state index in [4.69, 9.17) is 4.74 Å². The number of rotatable bonds is 6. The molecule has 0 saturated heterocycles. The van der Waals surface area contributed by atoms with Crippen LogP contribution in [0.2, 0.25) is 0 Å². The molecule has 0 aliphatic carbocycles. The van der Waals surface area contributed by atoms with E-state index in [0.29, 0.717) is 10.5 Å². The first-order chi connectivity index (χ1) is 11.7. The minimum absolute atomic E-state index is 0.203. The van der Waals surface area contributed by atoms with Crippen LogP contribution in [0.25, 0.3) is 5.57 Å². The van der Waals surface area contributed by atoms with E-state index in [1.165, 1.54) is 28.0 Å². The van der Waals surface area contributed by atoms with Gasteiger partial charge in [-0.1, -0.05) is 25.1 Å². The summed E-state index contributed by atoms with van der Waals surface area (Å²) < 4.78 is 5.14. The van der Waals surface area contributed by atoms with Crippen LogP contribution in [0.15, 0.2) is 46.7 Å². The van der Waals surface area contributed by atoms with Crippen molar-refractivity contribution in [2.24, 2.45) is 0 Å². The molecule has 0 radical (unpaired) electrons. The van der Waals surface area contributed by atoms with E-state index in [-0.39, 0.29) is 18.4 Å². The lowest BCUT2D eigenvalue weighted by Crippen LogP contribution is -2.30. The molecule has 4 nitrogen and oxygen atoms in total. The summed E-state index contributed by atoms with van der Waals surface area (Å²) in [6, 6.07) is 11.2. The number of methoxy groups -OCH3 is 1. The number of amides is 2. The Morgan fingerprint density at radius 1 is 1.12 bits per heavy atom. The van der Waals surface area contributed by atoms with Crippen molar-refractivity contribution in [2.75, 3.05) is 12.9 Å². The third-order valence-electron chi connectivity index (χ3n) is 3.68. The molecule has 6 heteroatoms. The van der Waals surface area contributed by atoms with Gasteiger partial charge in [0.25, 0.3) is 11.8 Å². The Bertz CT molecular complexity index is 779. The van der Waals surface area contributed by atoms with Gasteiger partial charge in [0.05, 0.1) is 24.1 Å². The van der Waals surface area contributed by atoms with Gasteiger partial charge >= 0.3 is 0 Å². The van der Waals surface area contributed by atoms with Gasteiger partial charge in [0.1, 0.15) is 5.75 Å². The molecule has 2 heterocycles. The predicted octanol–water partition coefficient (Wildman–Crippen LogP) is 3.79. The molecular formula is C18H17NO3S2. The molecule has 0 N–H and O–H groups in total. The van der Waals surface area contributed by atoms with E-state index in [2.05, 4.69) is 0 Å². The van der Waals surface area contributed by atoms with Gasteiger partial charge in [-0.05, 0) is 34.9 Å². The Kier molecular flexibility index (Phi) is 5.06. The molecule has 0 unspecified atom stereocenters. The molecule has 0 atom stereocenters. The average Bonchev–Trinajstić information content (AvgIpc) is 3.19. The van der Waals surface area contributed by atoms with Crippen molar-refractivity contribution in [3.63, 3.8) is 0 Å². The highest BCUT2D eigenvalue weighted by atomic mass is 32.2. The standard InChI is InChI=1S/C18H17NO3S2/c1-3-23-16-15(14-5-4-10-24-14)17(20)19(18(16)21)11-12-6-8-13(22-2)9-7-12/h4-10H,3,11H2,1-2H3. The van der Waals surface area contributed by atoms with Crippen molar-refractivity contribution in [1.82, 2.24) is 4.90 Å². The van der Waals surface area contributed by atoms with Crippen molar-refractivity contribution in [3.8, 4) is 5.75 Å². The fraction of sp³-hybridized carbons (Fsp3) is 0.222. The van der Waals surface area contributed by atoms with Crippen molar-refractivity contribution in [3.05, 3.63) is 57.1 Å². The first kappa shape index (κ1) is 16.8. The van der Waals surface area contributed by atoms with E-state index in [1.807, 2.05) is 48.7 Å². The van der Waals surface area contributed by atoms with Crippen LogP contribution in [-0.4, -0.2) is 29.6 Å². The lowest BCUT2D eigenvalue weighted by molar-refractivity contribution is -0.137. The summed E-state index contributed by atoms with van der Waals surface area (Å²) in [5.41, 5.74) is 1.43. The third kappa shape index (κ3) is 3.12. The number of imide groups is 1. The summed E-state index contributed by atoms with van der Waals surface area (Å²) in [6.07, 6.45) is 0. The quantitative estimate of drug-likeness (QED) is 0.736. The number of thiophene rings is 1. The van der Waals surface area contributed by atoms with Gasteiger partial charge in [-0.25, -0.2) is 0 Å². The smallest absolute Gasteiger partial charge is 0.268 e. The minimum Gasteiger partial charge on any atom is -0.497 e. The Balaban J connectivity index is 1.88. The monoisotopic (exact) mass is 359 g/mol. The second kappa shape index (κ2) is 7.23. The van der Waals surface area contributed by atoms with Crippen molar-refractivity contribution in [2.45, 2.75) is 13.5 Å². The normalized spacial score (nSPS) is 14.7. The second-order valence-corrected chi connectivity index (χ2v) is 7.38. The van der Waals surface area contributed by atoms with Crippen LogP contribution >= 0.6 is 23.1 Å². The van der Waals surface area contributed by atoms with Gasteiger partial charge < -0.3 is 4.74 Å². The van der Waals surface area contributed by atoms with E-state index < -0.39 is 0 Å². The van der Waals surface area contributed by atoms with Crippen LogP contribution in [0.4, 0.5) is 0 Å². The first-order valence-electron chi connectivity index (χ1n) is 7.55. The molecule has 0 bridgehead atoms. The molecule has 0 fully saturated rings. The number of carbonyl (C=O) groups excluding carboxylic acids is 2. The van der Waals surface area contributed by atoms with Gasteiger partial charge in [0, 0.05) is 4.88 Å². The Hall–Kier alpha value is -2.05. The third-order valence-corrected chi connectivity index (χ3v) is 5.52. The highest BCUT2D eigenvalue weighted by Crippen LogP contribution is 2.38. The largest absolute Gasteiger partial charge is 0.497 e. The fourth-order valence-electron chi connectivity index (χ4n) is 2.53. The lowest BCUT2D eigenvalue weighted by Gasteiger charge is -2.15. The zero-order valence-electron chi connectivity index (χ0n) is 13.4. The SMILES string of the molecule is CCSC1=C(c2cccs2)C(=O)N(Cc2ccc(OC)cc2)C1=O. The first-order valence-corrected chi connectivity index (χ1v) is 9.42. The van der Waals surface area contributed by atoms with Crippen LogP contribution in [0.5, 0.6) is 5.75 Å². The highest BCUT2D eigenvalue weighted by molar-refractivity contribution is 8.04. The maximum atomic E-state index is 12.8. The lowest BCUT2D eigenvalue weighted by atomic mass is 10.2.